The Bertz CT molecular complexity index is 1470. The monoisotopic (exact) mass is 514 g/mol. The largest absolute Gasteiger partial charge is 0.497 e. The minimum Gasteiger partial charge on any atom is -0.497 e. The van der Waals surface area contributed by atoms with Crippen LogP contribution in [0.4, 0.5) is 5.69 Å². The van der Waals surface area contributed by atoms with Crippen molar-refractivity contribution in [3.63, 3.8) is 0 Å². The first-order valence-corrected chi connectivity index (χ1v) is 12.3. The molecule has 0 fully saturated rings. The highest BCUT2D eigenvalue weighted by Gasteiger charge is 2.49. The second-order valence-electron chi connectivity index (χ2n) is 9.31. The summed E-state index contributed by atoms with van der Waals surface area (Å²) in [6.07, 6.45) is 0. The Kier molecular flexibility index (Phi) is 6.48. The number of carbonyl (C=O) groups is 2. The Morgan fingerprint density at radius 2 is 1.81 bits per heavy atom. The van der Waals surface area contributed by atoms with Gasteiger partial charge in [-0.25, -0.2) is 0 Å². The van der Waals surface area contributed by atoms with Gasteiger partial charge in [0, 0.05) is 22.8 Å². The number of carbonyl (C=O) groups excluding carboxylic acids is 2. The molecule has 188 valence electrons. The fraction of sp³-hybridized carbons (Fsp3) is 0.207. The molecule has 1 N–H and O–H groups in total. The lowest BCUT2D eigenvalue weighted by molar-refractivity contribution is -0.126. The van der Waals surface area contributed by atoms with Crippen molar-refractivity contribution in [2.24, 2.45) is 0 Å². The van der Waals surface area contributed by atoms with Gasteiger partial charge in [0.15, 0.2) is 0 Å². The fourth-order valence-corrected chi connectivity index (χ4v) is 4.82. The highest BCUT2D eigenvalue weighted by Crippen LogP contribution is 2.37. The second kappa shape index (κ2) is 9.75. The Balaban J connectivity index is 1.56. The van der Waals surface area contributed by atoms with E-state index < -0.39 is 5.54 Å². The molecule has 1 aliphatic rings. The van der Waals surface area contributed by atoms with Crippen molar-refractivity contribution in [1.82, 2.24) is 15.1 Å². The summed E-state index contributed by atoms with van der Waals surface area (Å²) in [4.78, 5) is 29.4. The fourth-order valence-electron chi connectivity index (χ4n) is 4.65. The summed E-state index contributed by atoms with van der Waals surface area (Å²) in [6.45, 7) is 4.19. The van der Waals surface area contributed by atoms with Crippen LogP contribution < -0.4 is 15.0 Å². The average Bonchev–Trinajstić information content (AvgIpc) is 3.34. The lowest BCUT2D eigenvalue weighted by atomic mass is 9.93. The average molecular weight is 515 g/mol. The molecule has 4 aromatic rings. The van der Waals surface area contributed by atoms with Crippen molar-refractivity contribution in [3.05, 3.63) is 101 Å². The predicted molar refractivity (Wildman–Crippen MR) is 144 cm³/mol. The molecule has 5 rings (SSSR count). The van der Waals surface area contributed by atoms with E-state index in [1.54, 1.807) is 41.8 Å². The number of anilines is 1. The highest BCUT2D eigenvalue weighted by molar-refractivity contribution is 6.31. The maximum Gasteiger partial charge on any atom is 0.277 e. The molecule has 1 atom stereocenters. The van der Waals surface area contributed by atoms with Gasteiger partial charge in [0.2, 0.25) is 5.91 Å². The molecular weight excluding hydrogens is 488 g/mol. The van der Waals surface area contributed by atoms with Crippen molar-refractivity contribution < 1.29 is 14.3 Å². The van der Waals surface area contributed by atoms with Crippen molar-refractivity contribution in [1.29, 1.82) is 0 Å². The molecule has 3 aromatic carbocycles. The molecule has 0 saturated heterocycles. The molecule has 1 aromatic heterocycles. The summed E-state index contributed by atoms with van der Waals surface area (Å²) in [5.41, 5.74) is 3.03. The zero-order valence-corrected chi connectivity index (χ0v) is 21.6. The summed E-state index contributed by atoms with van der Waals surface area (Å²) < 4.78 is 6.88. The zero-order valence-electron chi connectivity index (χ0n) is 20.9. The summed E-state index contributed by atoms with van der Waals surface area (Å²) in [7, 11) is 1.61. The van der Waals surface area contributed by atoms with Gasteiger partial charge in [0.25, 0.3) is 5.91 Å². The number of halogens is 1. The predicted octanol–water partition coefficient (Wildman–Crippen LogP) is 5.26. The maximum absolute atomic E-state index is 14.0. The first-order valence-electron chi connectivity index (χ1n) is 12.0. The number of nitrogens with one attached hydrogen (secondary N) is 1. The molecule has 0 spiro atoms. The number of fused-ring (bicyclic) bond motifs is 1. The van der Waals surface area contributed by atoms with E-state index in [-0.39, 0.29) is 18.4 Å². The Labute approximate surface area is 220 Å². The van der Waals surface area contributed by atoms with Gasteiger partial charge in [-0.2, -0.15) is 5.10 Å². The topological polar surface area (TPSA) is 76.5 Å². The van der Waals surface area contributed by atoms with Gasteiger partial charge >= 0.3 is 0 Å². The Hall–Kier alpha value is -4.10. The third-order valence-corrected chi connectivity index (χ3v) is 6.97. The van der Waals surface area contributed by atoms with Crippen LogP contribution in [0, 0.1) is 6.92 Å². The Morgan fingerprint density at radius 3 is 2.51 bits per heavy atom. The molecule has 0 radical (unpaired) electrons. The lowest BCUT2D eigenvalue weighted by Gasteiger charge is -2.43. The third-order valence-electron chi connectivity index (χ3n) is 6.74. The van der Waals surface area contributed by atoms with Crippen LogP contribution in [0.1, 0.15) is 28.5 Å². The van der Waals surface area contributed by atoms with Crippen LogP contribution in [-0.2, 0) is 17.9 Å². The van der Waals surface area contributed by atoms with Crippen LogP contribution in [-0.4, -0.2) is 34.2 Å². The van der Waals surface area contributed by atoms with Gasteiger partial charge in [-0.15, -0.1) is 0 Å². The minimum atomic E-state index is -1.25. The summed E-state index contributed by atoms with van der Waals surface area (Å²) in [5.74, 6) is 0.131. The first-order chi connectivity index (χ1) is 17.8. The molecule has 0 unspecified atom stereocenters. The minimum absolute atomic E-state index is 0.177. The number of ether oxygens (including phenoxy) is 1. The standard InChI is InChI=1S/C29H27ClN4O3/c1-19-9-12-22(30)15-25(19)34-27(35)26-16-24(21-10-13-23(37-3)14-11-21)32-33(26)18-29(34,2)28(36)31-17-20-7-5-4-6-8-20/h4-16H,17-18H2,1-3H3,(H,31,36)/t29-/m0/s1. The van der Waals surface area contributed by atoms with Crippen LogP contribution >= 0.6 is 11.6 Å². The lowest BCUT2D eigenvalue weighted by Crippen LogP contribution is -2.64. The molecular formula is C29H27ClN4O3. The number of aryl methyl sites for hydroxylation is 1. The van der Waals surface area contributed by atoms with Gasteiger partial charge in [-0.3, -0.25) is 19.2 Å². The van der Waals surface area contributed by atoms with Crippen molar-refractivity contribution in [3.8, 4) is 17.0 Å². The van der Waals surface area contributed by atoms with E-state index in [4.69, 9.17) is 21.4 Å². The second-order valence-corrected chi connectivity index (χ2v) is 9.75. The molecule has 37 heavy (non-hydrogen) atoms. The van der Waals surface area contributed by atoms with Gasteiger partial charge < -0.3 is 10.1 Å². The number of benzene rings is 3. The number of methoxy groups -OCH3 is 1. The smallest absolute Gasteiger partial charge is 0.277 e. The summed E-state index contributed by atoms with van der Waals surface area (Å²) >= 11 is 6.34. The van der Waals surface area contributed by atoms with Gasteiger partial charge in [-0.1, -0.05) is 48.0 Å². The normalized spacial score (nSPS) is 16.9. The Morgan fingerprint density at radius 1 is 1.08 bits per heavy atom. The van der Waals surface area contributed by atoms with Crippen molar-refractivity contribution in [2.45, 2.75) is 32.5 Å². The third kappa shape index (κ3) is 4.58. The van der Waals surface area contributed by atoms with E-state index >= 15 is 0 Å². The van der Waals surface area contributed by atoms with E-state index in [0.717, 1.165) is 22.4 Å². The molecule has 0 bridgehead atoms. The molecule has 2 heterocycles. The van der Waals surface area contributed by atoms with Gasteiger partial charge in [0.1, 0.15) is 17.0 Å². The highest BCUT2D eigenvalue weighted by atomic mass is 35.5. The first kappa shape index (κ1) is 24.6. The molecule has 2 amide bonds. The van der Waals surface area contributed by atoms with E-state index in [0.29, 0.717) is 28.6 Å². The van der Waals surface area contributed by atoms with Crippen molar-refractivity contribution >= 4 is 29.1 Å². The number of nitrogens with zero attached hydrogens (tertiary/aromatic N) is 3. The summed E-state index contributed by atoms with van der Waals surface area (Å²) in [5, 5.41) is 8.22. The van der Waals surface area contributed by atoms with Gasteiger partial charge in [0.05, 0.1) is 19.3 Å². The van der Waals surface area contributed by atoms with Crippen LogP contribution in [0.2, 0.25) is 5.02 Å². The SMILES string of the molecule is COc1ccc(-c2cc3n(n2)C[C@@](C)(C(=O)NCc2ccccc2)N(c2cc(Cl)ccc2C)C3=O)cc1. The number of rotatable bonds is 6. The molecule has 8 heteroatoms. The van der Waals surface area contributed by atoms with E-state index in [2.05, 4.69) is 5.32 Å². The van der Waals surface area contributed by atoms with Crippen LogP contribution in [0.3, 0.4) is 0 Å². The zero-order chi connectivity index (χ0) is 26.2. The molecule has 0 aliphatic carbocycles. The van der Waals surface area contributed by atoms with E-state index in [1.165, 1.54) is 0 Å². The van der Waals surface area contributed by atoms with E-state index in [1.807, 2.05) is 67.6 Å². The number of aromatic nitrogens is 2. The maximum atomic E-state index is 14.0. The quantitative estimate of drug-likeness (QED) is 0.381. The number of hydrogen-bond donors (Lipinski definition) is 1. The molecule has 1 aliphatic heterocycles. The van der Waals surface area contributed by atoms with Crippen molar-refractivity contribution in [2.75, 3.05) is 12.0 Å². The molecule has 7 nitrogen and oxygen atoms in total. The van der Waals surface area contributed by atoms with E-state index in [9.17, 15) is 9.59 Å². The van der Waals surface area contributed by atoms with Gasteiger partial charge in [-0.05, 0) is 67.4 Å². The summed E-state index contributed by atoms with van der Waals surface area (Å²) in [6, 6.07) is 24.2. The van der Waals surface area contributed by atoms with Crippen LogP contribution in [0.5, 0.6) is 5.75 Å². The van der Waals surface area contributed by atoms with Crippen LogP contribution in [0.25, 0.3) is 11.3 Å². The van der Waals surface area contributed by atoms with Crippen LogP contribution in [0.15, 0.2) is 78.9 Å². The number of hydrogen-bond acceptors (Lipinski definition) is 4. The number of amides is 2. The molecule has 0 saturated carbocycles.